The largest absolute Gasteiger partial charge is 0.478 e. The third kappa shape index (κ3) is 4.23. The maximum absolute atomic E-state index is 5.56. The van der Waals surface area contributed by atoms with E-state index in [1.54, 1.807) is 0 Å². The van der Waals surface area contributed by atoms with E-state index in [0.29, 0.717) is 25.1 Å². The molecule has 2 N–H and O–H groups in total. The van der Waals surface area contributed by atoms with Gasteiger partial charge in [-0.3, -0.25) is 0 Å². The number of rotatable bonds is 7. The molecule has 0 saturated heterocycles. The lowest BCUT2D eigenvalue weighted by Crippen LogP contribution is -2.33. The van der Waals surface area contributed by atoms with E-state index < -0.39 is 0 Å². The molecule has 4 nitrogen and oxygen atoms in total. The number of nitrogens with two attached hydrogens (primary N) is 1. The van der Waals surface area contributed by atoms with Crippen molar-refractivity contribution in [3.63, 3.8) is 0 Å². The minimum atomic E-state index is 0.408. The fourth-order valence-electron chi connectivity index (χ4n) is 1.69. The molecule has 0 amide bonds. The van der Waals surface area contributed by atoms with Crippen LogP contribution >= 0.6 is 0 Å². The number of hydrogen-bond donors (Lipinski definition) is 1. The summed E-state index contributed by atoms with van der Waals surface area (Å²) in [6, 6.07) is 6.28. The summed E-state index contributed by atoms with van der Waals surface area (Å²) < 4.78 is 5.42. The van der Waals surface area contributed by atoms with Gasteiger partial charge in [0, 0.05) is 18.7 Å². The molecule has 0 aliphatic rings. The molecule has 1 aromatic heterocycles. The quantitative estimate of drug-likeness (QED) is 0.788. The number of ether oxygens (including phenoxy) is 1. The first kappa shape index (κ1) is 13.8. The zero-order chi connectivity index (χ0) is 12.7. The Hall–Kier alpha value is -1.29. The topological polar surface area (TPSA) is 51.4 Å². The second-order valence-electron chi connectivity index (χ2n) is 4.20. The van der Waals surface area contributed by atoms with Gasteiger partial charge in [-0.25, -0.2) is 0 Å². The van der Waals surface area contributed by atoms with Crippen LogP contribution in [-0.2, 0) is 0 Å². The van der Waals surface area contributed by atoms with Crippen LogP contribution in [0.4, 0.5) is 5.82 Å². The van der Waals surface area contributed by atoms with Gasteiger partial charge in [0.05, 0.1) is 6.61 Å². The monoisotopic (exact) mass is 237 g/mol. The molecule has 0 bridgehead atoms. The Morgan fingerprint density at radius 1 is 1.41 bits per heavy atom. The third-order valence-corrected chi connectivity index (χ3v) is 2.52. The standard InChI is InChI=1S/C13H23N3O/c1-4-17-13-8-5-7-12(15-13)16(11(2)3)10-6-9-14/h5,7-8,11H,4,6,9-10,14H2,1-3H3. The van der Waals surface area contributed by atoms with E-state index in [4.69, 9.17) is 10.5 Å². The SMILES string of the molecule is CCOc1cccc(N(CCCN)C(C)C)n1. The maximum atomic E-state index is 5.56. The van der Waals surface area contributed by atoms with Gasteiger partial charge in [0.1, 0.15) is 5.82 Å². The highest BCUT2D eigenvalue weighted by Gasteiger charge is 2.11. The van der Waals surface area contributed by atoms with Crippen LogP contribution in [-0.4, -0.2) is 30.7 Å². The molecule has 0 spiro atoms. The Morgan fingerprint density at radius 3 is 2.76 bits per heavy atom. The molecule has 0 atom stereocenters. The van der Waals surface area contributed by atoms with Crippen LogP contribution in [0.15, 0.2) is 18.2 Å². The highest BCUT2D eigenvalue weighted by Crippen LogP contribution is 2.18. The van der Waals surface area contributed by atoms with Crippen molar-refractivity contribution in [2.75, 3.05) is 24.6 Å². The summed E-state index contributed by atoms with van der Waals surface area (Å²) in [5, 5.41) is 0. The molecule has 0 saturated carbocycles. The summed E-state index contributed by atoms with van der Waals surface area (Å²) in [5.41, 5.74) is 5.56. The van der Waals surface area contributed by atoms with E-state index in [1.165, 1.54) is 0 Å². The summed E-state index contributed by atoms with van der Waals surface area (Å²) in [7, 11) is 0. The molecule has 1 rings (SSSR count). The van der Waals surface area contributed by atoms with Gasteiger partial charge in [-0.15, -0.1) is 0 Å². The van der Waals surface area contributed by atoms with Crippen LogP contribution in [0.3, 0.4) is 0 Å². The predicted octanol–water partition coefficient (Wildman–Crippen LogP) is 2.04. The molecule has 0 radical (unpaired) electrons. The highest BCUT2D eigenvalue weighted by atomic mass is 16.5. The lowest BCUT2D eigenvalue weighted by Gasteiger charge is -2.27. The lowest BCUT2D eigenvalue weighted by atomic mass is 10.2. The molecule has 0 fully saturated rings. The van der Waals surface area contributed by atoms with Crippen LogP contribution < -0.4 is 15.4 Å². The van der Waals surface area contributed by atoms with Crippen molar-refractivity contribution in [2.45, 2.75) is 33.2 Å². The van der Waals surface area contributed by atoms with E-state index in [0.717, 1.165) is 18.8 Å². The first-order valence-electron chi connectivity index (χ1n) is 6.25. The molecule has 0 aromatic carbocycles. The van der Waals surface area contributed by atoms with Gasteiger partial charge in [0.15, 0.2) is 0 Å². The second-order valence-corrected chi connectivity index (χ2v) is 4.20. The van der Waals surface area contributed by atoms with Gasteiger partial charge in [-0.2, -0.15) is 4.98 Å². The molecule has 4 heteroatoms. The van der Waals surface area contributed by atoms with E-state index in [-0.39, 0.29) is 0 Å². The summed E-state index contributed by atoms with van der Waals surface area (Å²) in [6.07, 6.45) is 0.971. The fourth-order valence-corrected chi connectivity index (χ4v) is 1.69. The molecule has 0 aliphatic carbocycles. The van der Waals surface area contributed by atoms with Gasteiger partial charge in [0.25, 0.3) is 0 Å². The minimum Gasteiger partial charge on any atom is -0.478 e. The Balaban J connectivity index is 2.81. The van der Waals surface area contributed by atoms with Crippen molar-refractivity contribution >= 4 is 5.82 Å². The first-order chi connectivity index (χ1) is 8.19. The van der Waals surface area contributed by atoms with E-state index in [1.807, 2.05) is 25.1 Å². The van der Waals surface area contributed by atoms with Crippen molar-refractivity contribution in [3.05, 3.63) is 18.2 Å². The number of pyridine rings is 1. The number of anilines is 1. The average molecular weight is 237 g/mol. The van der Waals surface area contributed by atoms with Crippen molar-refractivity contribution in [2.24, 2.45) is 5.73 Å². The van der Waals surface area contributed by atoms with Gasteiger partial charge < -0.3 is 15.4 Å². The van der Waals surface area contributed by atoms with E-state index in [2.05, 4.69) is 23.7 Å². The fraction of sp³-hybridized carbons (Fsp3) is 0.615. The lowest BCUT2D eigenvalue weighted by molar-refractivity contribution is 0.327. The molecule has 1 aromatic rings. The van der Waals surface area contributed by atoms with Crippen LogP contribution in [0, 0.1) is 0 Å². The molecular formula is C13H23N3O. The first-order valence-corrected chi connectivity index (χ1v) is 6.25. The Bertz CT molecular complexity index is 328. The Morgan fingerprint density at radius 2 is 2.18 bits per heavy atom. The summed E-state index contributed by atoms with van der Waals surface area (Å²) in [5.74, 6) is 1.64. The number of nitrogens with zero attached hydrogens (tertiary/aromatic N) is 2. The predicted molar refractivity (Wildman–Crippen MR) is 71.6 cm³/mol. The van der Waals surface area contributed by atoms with Crippen LogP contribution in [0.25, 0.3) is 0 Å². The summed E-state index contributed by atoms with van der Waals surface area (Å²) in [6.45, 7) is 8.55. The van der Waals surface area contributed by atoms with Crippen molar-refractivity contribution in [1.29, 1.82) is 0 Å². The van der Waals surface area contributed by atoms with Crippen molar-refractivity contribution in [1.82, 2.24) is 4.98 Å². The maximum Gasteiger partial charge on any atom is 0.215 e. The third-order valence-electron chi connectivity index (χ3n) is 2.52. The van der Waals surface area contributed by atoms with E-state index >= 15 is 0 Å². The average Bonchev–Trinajstić information content (AvgIpc) is 2.30. The number of hydrogen-bond acceptors (Lipinski definition) is 4. The van der Waals surface area contributed by atoms with Crippen molar-refractivity contribution < 1.29 is 4.74 Å². The molecule has 0 unspecified atom stereocenters. The molecule has 96 valence electrons. The van der Waals surface area contributed by atoms with Crippen LogP contribution in [0.5, 0.6) is 5.88 Å². The molecule has 1 heterocycles. The highest BCUT2D eigenvalue weighted by molar-refractivity contribution is 5.41. The Labute approximate surface area is 104 Å². The summed E-state index contributed by atoms with van der Waals surface area (Å²) >= 11 is 0. The molecule has 0 aliphatic heterocycles. The van der Waals surface area contributed by atoms with Crippen LogP contribution in [0.2, 0.25) is 0 Å². The van der Waals surface area contributed by atoms with Gasteiger partial charge in [0.2, 0.25) is 5.88 Å². The van der Waals surface area contributed by atoms with Crippen molar-refractivity contribution in [3.8, 4) is 5.88 Å². The van der Waals surface area contributed by atoms with Gasteiger partial charge >= 0.3 is 0 Å². The molecule has 17 heavy (non-hydrogen) atoms. The van der Waals surface area contributed by atoms with Gasteiger partial charge in [-0.05, 0) is 39.8 Å². The smallest absolute Gasteiger partial charge is 0.215 e. The Kier molecular flexibility index (Phi) is 5.77. The zero-order valence-corrected chi connectivity index (χ0v) is 11.0. The number of aromatic nitrogens is 1. The normalized spacial score (nSPS) is 10.6. The minimum absolute atomic E-state index is 0.408. The zero-order valence-electron chi connectivity index (χ0n) is 11.0. The van der Waals surface area contributed by atoms with Gasteiger partial charge in [-0.1, -0.05) is 6.07 Å². The molecular weight excluding hydrogens is 214 g/mol. The van der Waals surface area contributed by atoms with E-state index in [9.17, 15) is 0 Å². The summed E-state index contributed by atoms with van der Waals surface area (Å²) in [4.78, 5) is 6.75. The second kappa shape index (κ2) is 7.12. The van der Waals surface area contributed by atoms with Crippen LogP contribution in [0.1, 0.15) is 27.2 Å².